The van der Waals surface area contributed by atoms with E-state index in [1.54, 1.807) is 0 Å². The van der Waals surface area contributed by atoms with Crippen LogP contribution < -0.4 is 17.2 Å². The fraction of sp³-hybridized carbons (Fsp3) is 0.400. The Bertz CT molecular complexity index is 677. The lowest BCUT2D eigenvalue weighted by Gasteiger charge is -2.19. The monoisotopic (exact) mass is 355 g/mol. The molecule has 25 heavy (non-hydrogen) atoms. The zero-order valence-corrected chi connectivity index (χ0v) is 13.3. The molecule has 0 aliphatic carbocycles. The minimum absolute atomic E-state index is 0.360. The van der Waals surface area contributed by atoms with Gasteiger partial charge in [0, 0.05) is 11.1 Å². The summed E-state index contributed by atoms with van der Waals surface area (Å²) in [7, 11) is 0. The number of phenolic OH excluding ortho intramolecular Hbond substituents is 1. The van der Waals surface area contributed by atoms with Crippen LogP contribution in [0.25, 0.3) is 0 Å². The first-order valence-corrected chi connectivity index (χ1v) is 7.29. The van der Waals surface area contributed by atoms with Gasteiger partial charge >= 0.3 is 0 Å². The van der Waals surface area contributed by atoms with Crippen molar-refractivity contribution < 1.29 is 34.8 Å². The van der Waals surface area contributed by atoms with E-state index in [0.717, 1.165) is 12.1 Å². The average molecular weight is 355 g/mol. The van der Waals surface area contributed by atoms with Crippen molar-refractivity contribution in [2.75, 3.05) is 19.8 Å². The van der Waals surface area contributed by atoms with Crippen LogP contribution in [-0.4, -0.2) is 75.7 Å². The van der Waals surface area contributed by atoms with Crippen molar-refractivity contribution in [3.05, 3.63) is 28.8 Å². The molecule has 1 rings (SSSR count). The molecule has 0 aliphatic rings. The minimum Gasteiger partial charge on any atom is -0.507 e. The predicted octanol–water partition coefficient (Wildman–Crippen LogP) is -3.10. The summed E-state index contributed by atoms with van der Waals surface area (Å²) in [6.45, 7) is -2.28. The number of carbonyl (C=O) groups excluding carboxylic acids is 3. The summed E-state index contributed by atoms with van der Waals surface area (Å²) < 4.78 is 0. The van der Waals surface area contributed by atoms with Crippen LogP contribution in [0.4, 0.5) is 0 Å². The third-order valence-electron chi connectivity index (χ3n) is 3.54. The lowest BCUT2D eigenvalue weighted by molar-refractivity contribution is 0.0875. The Hall–Kier alpha value is -2.21. The van der Waals surface area contributed by atoms with E-state index in [1.807, 2.05) is 0 Å². The molecule has 0 saturated carbocycles. The molecular formula is C15H21N3O7. The number of rotatable bonds is 9. The SMILES string of the molecule is NC(CO)C(=O)c1ccc(O)c(C(=O)C(N)CO)c1C(=O)C(N)CO. The van der Waals surface area contributed by atoms with Crippen molar-refractivity contribution in [2.24, 2.45) is 17.2 Å². The minimum atomic E-state index is -1.48. The van der Waals surface area contributed by atoms with Gasteiger partial charge in [0.05, 0.1) is 43.5 Å². The molecule has 10 nitrogen and oxygen atoms in total. The van der Waals surface area contributed by atoms with Crippen LogP contribution in [0.1, 0.15) is 31.1 Å². The molecule has 0 aromatic heterocycles. The van der Waals surface area contributed by atoms with Crippen molar-refractivity contribution in [3.63, 3.8) is 0 Å². The summed E-state index contributed by atoms with van der Waals surface area (Å²) in [6.07, 6.45) is 0. The van der Waals surface area contributed by atoms with Crippen LogP contribution in [0, 0.1) is 0 Å². The molecule has 0 fully saturated rings. The summed E-state index contributed by atoms with van der Waals surface area (Å²) in [6, 6.07) is -2.28. The predicted molar refractivity (Wildman–Crippen MR) is 86.3 cm³/mol. The van der Waals surface area contributed by atoms with E-state index in [4.69, 9.17) is 32.5 Å². The molecule has 138 valence electrons. The maximum Gasteiger partial charge on any atom is 0.186 e. The standard InChI is InChI=1S/C15H21N3O7/c16-7(3-19)13(23)6-1-2-10(22)12(15(25)9(18)5-21)11(6)14(24)8(17)4-20/h1-2,7-9,19-22H,3-5,16-18H2. The quantitative estimate of drug-likeness (QED) is 0.222. The second-order valence-corrected chi connectivity index (χ2v) is 5.34. The van der Waals surface area contributed by atoms with Crippen molar-refractivity contribution in [2.45, 2.75) is 18.1 Å². The number of hydrogen-bond acceptors (Lipinski definition) is 10. The zero-order chi connectivity index (χ0) is 19.3. The van der Waals surface area contributed by atoms with Crippen LogP contribution in [0.2, 0.25) is 0 Å². The topological polar surface area (TPSA) is 210 Å². The van der Waals surface area contributed by atoms with Gasteiger partial charge in [0.15, 0.2) is 17.3 Å². The zero-order valence-electron chi connectivity index (χ0n) is 13.3. The molecule has 3 atom stereocenters. The summed E-state index contributed by atoms with van der Waals surface area (Å²) in [4.78, 5) is 37.2. The first-order valence-electron chi connectivity index (χ1n) is 7.29. The Labute approximate surface area is 142 Å². The summed E-state index contributed by atoms with van der Waals surface area (Å²) in [5, 5.41) is 37.2. The van der Waals surface area contributed by atoms with E-state index in [2.05, 4.69) is 0 Å². The Morgan fingerprint density at radius 2 is 1.16 bits per heavy atom. The lowest BCUT2D eigenvalue weighted by Crippen LogP contribution is -2.41. The molecule has 0 radical (unpaired) electrons. The lowest BCUT2D eigenvalue weighted by atomic mass is 9.86. The summed E-state index contributed by atoms with van der Waals surface area (Å²) >= 11 is 0. The number of hydrogen-bond donors (Lipinski definition) is 7. The van der Waals surface area contributed by atoms with Crippen LogP contribution in [0.3, 0.4) is 0 Å². The molecule has 0 heterocycles. The molecule has 0 aliphatic heterocycles. The summed E-state index contributed by atoms with van der Waals surface area (Å²) in [5.74, 6) is -3.53. The van der Waals surface area contributed by atoms with Gasteiger partial charge < -0.3 is 37.6 Å². The van der Waals surface area contributed by atoms with E-state index in [0.29, 0.717) is 0 Å². The van der Waals surface area contributed by atoms with E-state index in [9.17, 15) is 19.5 Å². The number of benzene rings is 1. The third kappa shape index (κ3) is 4.25. The molecule has 3 unspecified atom stereocenters. The van der Waals surface area contributed by atoms with Gasteiger partial charge in [-0.05, 0) is 12.1 Å². The Morgan fingerprint density at radius 3 is 1.60 bits per heavy atom. The molecule has 1 aromatic carbocycles. The number of carbonyl (C=O) groups is 3. The van der Waals surface area contributed by atoms with E-state index in [1.165, 1.54) is 0 Å². The van der Waals surface area contributed by atoms with Gasteiger partial charge in [-0.3, -0.25) is 14.4 Å². The Balaban J connectivity index is 3.72. The van der Waals surface area contributed by atoms with Crippen LogP contribution in [0.5, 0.6) is 5.75 Å². The Kier molecular flexibility index (Phi) is 7.30. The van der Waals surface area contributed by atoms with E-state index < -0.39 is 72.2 Å². The molecule has 0 bridgehead atoms. The number of nitrogens with two attached hydrogens (primary N) is 3. The highest BCUT2D eigenvalue weighted by atomic mass is 16.3. The van der Waals surface area contributed by atoms with Gasteiger partial charge in [-0.25, -0.2) is 0 Å². The number of aliphatic hydroxyl groups excluding tert-OH is 3. The molecule has 0 saturated heterocycles. The fourth-order valence-electron chi connectivity index (χ4n) is 2.12. The number of aliphatic hydroxyl groups is 3. The maximum absolute atomic E-state index is 12.5. The van der Waals surface area contributed by atoms with Gasteiger partial charge in [0.25, 0.3) is 0 Å². The highest BCUT2D eigenvalue weighted by molar-refractivity contribution is 6.19. The summed E-state index contributed by atoms with van der Waals surface area (Å²) in [5.41, 5.74) is 14.9. The van der Waals surface area contributed by atoms with Gasteiger partial charge in [0.2, 0.25) is 0 Å². The first-order chi connectivity index (χ1) is 11.7. The average Bonchev–Trinajstić information content (AvgIpc) is 2.63. The van der Waals surface area contributed by atoms with Crippen molar-refractivity contribution in [1.82, 2.24) is 0 Å². The van der Waals surface area contributed by atoms with E-state index in [-0.39, 0.29) is 5.56 Å². The normalized spacial score (nSPS) is 14.6. The van der Waals surface area contributed by atoms with Gasteiger partial charge in [-0.15, -0.1) is 0 Å². The van der Waals surface area contributed by atoms with Gasteiger partial charge in [-0.2, -0.15) is 0 Å². The number of Topliss-reactive ketones (excluding diaryl/α,β-unsaturated/α-hetero) is 3. The number of ketones is 3. The van der Waals surface area contributed by atoms with Crippen molar-refractivity contribution >= 4 is 17.3 Å². The second-order valence-electron chi connectivity index (χ2n) is 5.34. The molecule has 0 amide bonds. The maximum atomic E-state index is 12.5. The smallest absolute Gasteiger partial charge is 0.186 e. The first kappa shape index (κ1) is 20.8. The molecular weight excluding hydrogens is 334 g/mol. The Morgan fingerprint density at radius 1 is 0.760 bits per heavy atom. The molecule has 10 heteroatoms. The van der Waals surface area contributed by atoms with Crippen molar-refractivity contribution in [1.29, 1.82) is 0 Å². The fourth-order valence-corrected chi connectivity index (χ4v) is 2.12. The highest BCUT2D eigenvalue weighted by Gasteiger charge is 2.32. The van der Waals surface area contributed by atoms with Crippen LogP contribution in [-0.2, 0) is 0 Å². The van der Waals surface area contributed by atoms with Gasteiger partial charge in [-0.1, -0.05) is 0 Å². The highest BCUT2D eigenvalue weighted by Crippen LogP contribution is 2.28. The number of phenols is 1. The largest absolute Gasteiger partial charge is 0.507 e. The molecule has 0 spiro atoms. The van der Waals surface area contributed by atoms with Gasteiger partial charge in [0.1, 0.15) is 5.75 Å². The molecule has 1 aromatic rings. The van der Waals surface area contributed by atoms with Crippen LogP contribution >= 0.6 is 0 Å². The van der Waals surface area contributed by atoms with Crippen LogP contribution in [0.15, 0.2) is 12.1 Å². The van der Waals surface area contributed by atoms with Crippen molar-refractivity contribution in [3.8, 4) is 5.75 Å². The van der Waals surface area contributed by atoms with E-state index >= 15 is 0 Å². The third-order valence-corrected chi connectivity index (χ3v) is 3.54. The second kappa shape index (κ2) is 8.76. The number of aromatic hydroxyl groups is 1. The molecule has 10 N–H and O–H groups in total.